The Balaban J connectivity index is 1.70. The molecule has 0 saturated carbocycles. The smallest absolute Gasteiger partial charge is 0.132 e. The molecule has 0 spiro atoms. The summed E-state index contributed by atoms with van der Waals surface area (Å²) in [4.78, 5) is 0. The molecular weight excluding hydrogens is 406 g/mol. The van der Waals surface area contributed by atoms with Crippen molar-refractivity contribution < 1.29 is 14.2 Å². The van der Waals surface area contributed by atoms with Gasteiger partial charge in [-0.1, -0.05) is 46.4 Å². The van der Waals surface area contributed by atoms with E-state index in [-0.39, 0.29) is 12.2 Å². The summed E-state index contributed by atoms with van der Waals surface area (Å²) in [5.41, 5.74) is 1.66. The molecule has 2 aliphatic rings. The van der Waals surface area contributed by atoms with E-state index in [1.165, 1.54) is 0 Å². The molecule has 2 fully saturated rings. The largest absolute Gasteiger partial charge is 0.457 e. The van der Waals surface area contributed by atoms with Crippen molar-refractivity contribution in [1.82, 2.24) is 0 Å². The van der Waals surface area contributed by atoms with E-state index in [9.17, 15) is 0 Å². The molecule has 2 aliphatic heterocycles. The van der Waals surface area contributed by atoms with Crippen molar-refractivity contribution in [3.05, 3.63) is 55.5 Å². The number of halogens is 4. The average molecular weight is 420 g/mol. The Labute approximate surface area is 165 Å². The minimum absolute atomic E-state index is 0.159. The minimum atomic E-state index is 0.159. The molecule has 0 bridgehead atoms. The predicted molar refractivity (Wildman–Crippen MR) is 99.9 cm³/mol. The van der Waals surface area contributed by atoms with E-state index in [1.807, 2.05) is 12.1 Å². The van der Waals surface area contributed by atoms with Gasteiger partial charge in [-0.25, -0.2) is 0 Å². The lowest BCUT2D eigenvalue weighted by Crippen LogP contribution is -2.02. The molecule has 2 unspecified atom stereocenters. The van der Waals surface area contributed by atoms with E-state index in [0.29, 0.717) is 44.4 Å². The first-order valence-corrected chi connectivity index (χ1v) is 9.39. The maximum atomic E-state index is 6.39. The summed E-state index contributed by atoms with van der Waals surface area (Å²) in [5.74, 6) is 1.28. The Morgan fingerprint density at radius 2 is 1.16 bits per heavy atom. The van der Waals surface area contributed by atoms with Crippen LogP contribution in [0.4, 0.5) is 0 Å². The van der Waals surface area contributed by atoms with Crippen LogP contribution in [0.2, 0.25) is 20.1 Å². The van der Waals surface area contributed by atoms with Crippen LogP contribution < -0.4 is 4.74 Å². The SMILES string of the molecule is Clc1ccc(Oc2ccc(Cl)c(Cl)c2CC2CO2)c(CC2CO2)c1Cl. The third kappa shape index (κ3) is 4.02. The normalized spacial score (nSPS) is 21.3. The van der Waals surface area contributed by atoms with Gasteiger partial charge >= 0.3 is 0 Å². The van der Waals surface area contributed by atoms with Gasteiger partial charge in [-0.2, -0.15) is 0 Å². The molecule has 25 heavy (non-hydrogen) atoms. The van der Waals surface area contributed by atoms with Gasteiger partial charge in [0, 0.05) is 24.0 Å². The van der Waals surface area contributed by atoms with Gasteiger partial charge < -0.3 is 14.2 Å². The first-order valence-electron chi connectivity index (χ1n) is 7.87. The van der Waals surface area contributed by atoms with Gasteiger partial charge in [-0.05, 0) is 24.3 Å². The fourth-order valence-electron chi connectivity index (χ4n) is 2.67. The lowest BCUT2D eigenvalue weighted by molar-refractivity contribution is 0.398. The van der Waals surface area contributed by atoms with Gasteiger partial charge in [0.05, 0.1) is 45.5 Å². The van der Waals surface area contributed by atoms with Crippen molar-refractivity contribution in [2.24, 2.45) is 0 Å². The number of rotatable bonds is 6. The van der Waals surface area contributed by atoms with Gasteiger partial charge in [-0.3, -0.25) is 0 Å². The summed E-state index contributed by atoms with van der Waals surface area (Å²) in [6.45, 7) is 1.44. The number of hydrogen-bond donors (Lipinski definition) is 0. The Morgan fingerprint density at radius 1 is 0.760 bits per heavy atom. The summed E-state index contributed by atoms with van der Waals surface area (Å²) in [6, 6.07) is 7.06. The van der Waals surface area contributed by atoms with E-state index < -0.39 is 0 Å². The Morgan fingerprint density at radius 3 is 1.52 bits per heavy atom. The monoisotopic (exact) mass is 418 g/mol. The Hall–Kier alpha value is -0.680. The van der Waals surface area contributed by atoms with Gasteiger partial charge in [0.2, 0.25) is 0 Å². The molecule has 2 aromatic rings. The minimum Gasteiger partial charge on any atom is -0.457 e. The van der Waals surface area contributed by atoms with Crippen molar-refractivity contribution >= 4 is 46.4 Å². The molecule has 2 saturated heterocycles. The number of benzene rings is 2. The van der Waals surface area contributed by atoms with Crippen LogP contribution in [0.15, 0.2) is 24.3 Å². The Bertz CT molecular complexity index is 749. The molecule has 2 atom stereocenters. The maximum Gasteiger partial charge on any atom is 0.132 e. The first-order chi connectivity index (χ1) is 12.0. The zero-order chi connectivity index (χ0) is 17.6. The zero-order valence-corrected chi connectivity index (χ0v) is 16.1. The third-order valence-corrected chi connectivity index (χ3v) is 5.88. The molecule has 0 radical (unpaired) electrons. The van der Waals surface area contributed by atoms with Gasteiger partial charge in [0.25, 0.3) is 0 Å². The van der Waals surface area contributed by atoms with Crippen LogP contribution >= 0.6 is 46.4 Å². The summed E-state index contributed by atoms with van der Waals surface area (Å²) in [7, 11) is 0. The second-order valence-electron chi connectivity index (χ2n) is 6.10. The molecule has 2 heterocycles. The second kappa shape index (κ2) is 7.15. The molecule has 4 rings (SSSR count). The van der Waals surface area contributed by atoms with Crippen LogP contribution in [0.3, 0.4) is 0 Å². The molecule has 0 aliphatic carbocycles. The van der Waals surface area contributed by atoms with Crippen LogP contribution in [0.1, 0.15) is 11.1 Å². The summed E-state index contributed by atoms with van der Waals surface area (Å²) >= 11 is 25.1. The lowest BCUT2D eigenvalue weighted by atomic mass is 10.1. The molecule has 0 N–H and O–H groups in total. The third-order valence-electron chi connectivity index (χ3n) is 4.19. The van der Waals surface area contributed by atoms with Gasteiger partial charge in [0.1, 0.15) is 11.5 Å². The topological polar surface area (TPSA) is 34.3 Å². The molecule has 132 valence electrons. The van der Waals surface area contributed by atoms with E-state index >= 15 is 0 Å². The maximum absolute atomic E-state index is 6.39. The average Bonchev–Trinajstić information content (AvgIpc) is 3.49. The number of ether oxygens (including phenoxy) is 3. The van der Waals surface area contributed by atoms with Gasteiger partial charge in [-0.15, -0.1) is 0 Å². The predicted octanol–water partition coefficient (Wildman–Crippen LogP) is 5.98. The summed E-state index contributed by atoms with van der Waals surface area (Å²) in [5, 5.41) is 1.96. The summed E-state index contributed by atoms with van der Waals surface area (Å²) < 4.78 is 16.8. The van der Waals surface area contributed by atoms with Crippen LogP contribution in [-0.4, -0.2) is 25.4 Å². The van der Waals surface area contributed by atoms with Crippen molar-refractivity contribution in [3.8, 4) is 11.5 Å². The van der Waals surface area contributed by atoms with E-state index in [4.69, 9.17) is 60.6 Å². The molecule has 7 heteroatoms. The van der Waals surface area contributed by atoms with Crippen LogP contribution in [0.5, 0.6) is 11.5 Å². The van der Waals surface area contributed by atoms with Crippen LogP contribution in [0.25, 0.3) is 0 Å². The highest BCUT2D eigenvalue weighted by Crippen LogP contribution is 2.41. The fourth-order valence-corrected chi connectivity index (χ4v) is 3.49. The van der Waals surface area contributed by atoms with Crippen molar-refractivity contribution in [1.29, 1.82) is 0 Å². The molecule has 0 amide bonds. The zero-order valence-electron chi connectivity index (χ0n) is 13.0. The second-order valence-corrected chi connectivity index (χ2v) is 7.67. The fraction of sp³-hybridized carbons (Fsp3) is 0.333. The van der Waals surface area contributed by atoms with Crippen molar-refractivity contribution in [3.63, 3.8) is 0 Å². The van der Waals surface area contributed by atoms with Gasteiger partial charge in [0.15, 0.2) is 0 Å². The number of hydrogen-bond acceptors (Lipinski definition) is 3. The van der Waals surface area contributed by atoms with Crippen molar-refractivity contribution in [2.75, 3.05) is 13.2 Å². The van der Waals surface area contributed by atoms with E-state index in [2.05, 4.69) is 0 Å². The molecular formula is C18H14Cl4O3. The number of epoxide rings is 2. The summed E-state index contributed by atoms with van der Waals surface area (Å²) in [6.07, 6.45) is 1.62. The molecule has 2 aromatic carbocycles. The highest BCUT2D eigenvalue weighted by molar-refractivity contribution is 6.43. The highest BCUT2D eigenvalue weighted by Gasteiger charge is 2.29. The standard InChI is InChI=1S/C18H14Cl4O3/c19-13-1-3-15(11(17(13)21)5-9-7-23-9)25-16-4-2-14(20)18(22)12(16)6-10-8-24-10/h1-4,9-10H,5-8H2. The van der Waals surface area contributed by atoms with E-state index in [1.54, 1.807) is 12.1 Å². The van der Waals surface area contributed by atoms with Crippen LogP contribution in [-0.2, 0) is 22.3 Å². The Kier molecular flexibility index (Phi) is 5.07. The lowest BCUT2D eigenvalue weighted by Gasteiger charge is -2.17. The molecule has 0 aromatic heterocycles. The van der Waals surface area contributed by atoms with E-state index in [0.717, 1.165) is 24.3 Å². The highest BCUT2D eigenvalue weighted by atomic mass is 35.5. The van der Waals surface area contributed by atoms with Crippen LogP contribution in [0, 0.1) is 0 Å². The quantitative estimate of drug-likeness (QED) is 0.540. The first kappa shape index (κ1) is 17.7. The molecule has 3 nitrogen and oxygen atoms in total. The van der Waals surface area contributed by atoms with Crippen molar-refractivity contribution in [2.45, 2.75) is 25.0 Å².